The van der Waals surface area contributed by atoms with Gasteiger partial charge < -0.3 is 15.8 Å². The molecule has 0 bridgehead atoms. The lowest BCUT2D eigenvalue weighted by Gasteiger charge is -2.23. The van der Waals surface area contributed by atoms with Crippen LogP contribution in [0.3, 0.4) is 0 Å². The van der Waals surface area contributed by atoms with E-state index in [1.54, 1.807) is 32.9 Å². The summed E-state index contributed by atoms with van der Waals surface area (Å²) in [4.78, 5) is 12.3. The van der Waals surface area contributed by atoms with Gasteiger partial charge in [-0.3, -0.25) is 4.79 Å². The van der Waals surface area contributed by atoms with Gasteiger partial charge in [0.2, 0.25) is 0 Å². The average Bonchev–Trinajstić information content (AvgIpc) is 2.89. The number of halogens is 3. The van der Waals surface area contributed by atoms with E-state index in [4.69, 9.17) is 5.73 Å². The van der Waals surface area contributed by atoms with Gasteiger partial charge in [0.1, 0.15) is 5.75 Å². The number of carbonyl (C=O) groups is 1. The molecule has 138 valence electrons. The summed E-state index contributed by atoms with van der Waals surface area (Å²) in [5.41, 5.74) is 6.28. The minimum Gasteiger partial charge on any atom is -0.435 e. The summed E-state index contributed by atoms with van der Waals surface area (Å²) in [5, 5.41) is 10.6. The van der Waals surface area contributed by atoms with Gasteiger partial charge in [-0.1, -0.05) is 5.21 Å². The number of nitrogens with zero attached hydrogens (tertiary/aromatic N) is 3. The van der Waals surface area contributed by atoms with Crippen LogP contribution in [0.4, 0.5) is 8.78 Å². The number of alkyl halides is 2. The largest absolute Gasteiger partial charge is 0.435 e. The molecule has 0 aliphatic heterocycles. The predicted molar refractivity (Wildman–Crippen MR) is 90.6 cm³/mol. The lowest BCUT2D eigenvalue weighted by Crippen LogP contribution is -2.49. The minimum atomic E-state index is -2.88. The molecule has 0 saturated carbocycles. The predicted octanol–water partition coefficient (Wildman–Crippen LogP) is 2.07. The number of benzene rings is 1. The van der Waals surface area contributed by atoms with E-state index in [1.807, 2.05) is 0 Å². The van der Waals surface area contributed by atoms with Crippen LogP contribution in [0, 0.1) is 6.92 Å². The van der Waals surface area contributed by atoms with E-state index in [1.165, 1.54) is 16.8 Å². The van der Waals surface area contributed by atoms with Crippen LogP contribution in [0.25, 0.3) is 5.69 Å². The van der Waals surface area contributed by atoms with Crippen LogP contribution in [-0.4, -0.2) is 39.6 Å². The molecule has 0 atom stereocenters. The van der Waals surface area contributed by atoms with Gasteiger partial charge in [0.15, 0.2) is 5.69 Å². The summed E-state index contributed by atoms with van der Waals surface area (Å²) in [6.07, 6.45) is 0. The Morgan fingerprint density at radius 3 is 2.48 bits per heavy atom. The maximum absolute atomic E-state index is 12.3. The van der Waals surface area contributed by atoms with Crippen LogP contribution >= 0.6 is 12.4 Å². The van der Waals surface area contributed by atoms with E-state index in [9.17, 15) is 13.6 Å². The SMILES string of the molecule is Cc1c(C(=O)NC(C)(C)CN)nnn1-c1ccc(OC(F)F)cc1.Cl. The lowest BCUT2D eigenvalue weighted by molar-refractivity contribution is -0.0498. The Labute approximate surface area is 149 Å². The van der Waals surface area contributed by atoms with Gasteiger partial charge in [-0.05, 0) is 45.0 Å². The van der Waals surface area contributed by atoms with Crippen molar-refractivity contribution in [2.45, 2.75) is 32.9 Å². The molecule has 7 nitrogen and oxygen atoms in total. The molecule has 0 aliphatic rings. The summed E-state index contributed by atoms with van der Waals surface area (Å²) < 4.78 is 30.1. The van der Waals surface area contributed by atoms with Crippen molar-refractivity contribution in [2.75, 3.05) is 6.54 Å². The Balaban J connectivity index is 0.00000312. The molecule has 0 fully saturated rings. The summed E-state index contributed by atoms with van der Waals surface area (Å²) in [6, 6.07) is 5.87. The molecule has 0 aliphatic carbocycles. The van der Waals surface area contributed by atoms with Crippen LogP contribution in [0.2, 0.25) is 0 Å². The van der Waals surface area contributed by atoms with Gasteiger partial charge in [0.25, 0.3) is 5.91 Å². The highest BCUT2D eigenvalue weighted by Crippen LogP contribution is 2.19. The molecule has 0 spiro atoms. The first-order valence-electron chi connectivity index (χ1n) is 7.23. The van der Waals surface area contributed by atoms with Crippen LogP contribution in [0.1, 0.15) is 30.0 Å². The highest BCUT2D eigenvalue weighted by atomic mass is 35.5. The maximum atomic E-state index is 12.3. The number of aromatic nitrogens is 3. The Kier molecular flexibility index (Phi) is 6.83. The zero-order valence-electron chi connectivity index (χ0n) is 14.0. The van der Waals surface area contributed by atoms with E-state index in [2.05, 4.69) is 20.4 Å². The zero-order valence-corrected chi connectivity index (χ0v) is 14.8. The highest BCUT2D eigenvalue weighted by molar-refractivity contribution is 5.93. The van der Waals surface area contributed by atoms with E-state index in [0.29, 0.717) is 11.4 Å². The maximum Gasteiger partial charge on any atom is 0.387 e. The van der Waals surface area contributed by atoms with Gasteiger partial charge in [0.05, 0.1) is 11.4 Å². The third-order valence-electron chi connectivity index (χ3n) is 3.38. The first-order valence-corrected chi connectivity index (χ1v) is 7.23. The molecule has 2 rings (SSSR count). The van der Waals surface area contributed by atoms with E-state index >= 15 is 0 Å². The Morgan fingerprint density at radius 2 is 1.96 bits per heavy atom. The third-order valence-corrected chi connectivity index (χ3v) is 3.38. The van der Waals surface area contributed by atoms with Crippen molar-refractivity contribution in [3.8, 4) is 11.4 Å². The van der Waals surface area contributed by atoms with Crippen LogP contribution in [0.5, 0.6) is 5.75 Å². The summed E-state index contributed by atoms with van der Waals surface area (Å²) in [5.74, 6) is -0.346. The molecule has 1 heterocycles. The zero-order chi connectivity index (χ0) is 17.9. The van der Waals surface area contributed by atoms with Gasteiger partial charge >= 0.3 is 6.61 Å². The molecule has 1 amide bonds. The molecule has 0 unspecified atom stereocenters. The van der Waals surface area contributed by atoms with Gasteiger partial charge in [-0.2, -0.15) is 8.78 Å². The minimum absolute atomic E-state index is 0. The second kappa shape index (κ2) is 8.21. The molecule has 25 heavy (non-hydrogen) atoms. The molecule has 0 saturated heterocycles. The quantitative estimate of drug-likeness (QED) is 0.805. The van der Waals surface area contributed by atoms with Gasteiger partial charge in [-0.25, -0.2) is 4.68 Å². The van der Waals surface area contributed by atoms with Crippen molar-refractivity contribution >= 4 is 18.3 Å². The Hall–Kier alpha value is -2.26. The fraction of sp³-hybridized carbons (Fsp3) is 0.400. The second-order valence-corrected chi connectivity index (χ2v) is 5.85. The van der Waals surface area contributed by atoms with Gasteiger partial charge in [-0.15, -0.1) is 17.5 Å². The second-order valence-electron chi connectivity index (χ2n) is 5.85. The van der Waals surface area contributed by atoms with Crippen LogP contribution in [-0.2, 0) is 0 Å². The van der Waals surface area contributed by atoms with Crippen molar-refractivity contribution < 1.29 is 18.3 Å². The number of ether oxygens (including phenoxy) is 1. The van der Waals surface area contributed by atoms with Crippen molar-refractivity contribution in [3.63, 3.8) is 0 Å². The molecule has 0 radical (unpaired) electrons. The van der Waals surface area contributed by atoms with Crippen LogP contribution in [0.15, 0.2) is 24.3 Å². The number of amides is 1. The van der Waals surface area contributed by atoms with Crippen molar-refractivity contribution in [2.24, 2.45) is 5.73 Å². The lowest BCUT2D eigenvalue weighted by atomic mass is 10.1. The van der Waals surface area contributed by atoms with Crippen molar-refractivity contribution in [1.29, 1.82) is 0 Å². The standard InChI is InChI=1S/C15H19F2N5O2.ClH/c1-9-12(13(23)19-15(2,3)8-18)20-21-22(9)10-4-6-11(7-5-10)24-14(16)17;/h4-7,14H,8,18H2,1-3H3,(H,19,23);1H. The fourth-order valence-electron chi connectivity index (χ4n) is 1.97. The van der Waals surface area contributed by atoms with E-state index in [0.717, 1.165) is 0 Å². The molecule has 3 N–H and O–H groups in total. The molecular weight excluding hydrogens is 356 g/mol. The molecule has 1 aromatic carbocycles. The van der Waals surface area contributed by atoms with E-state index < -0.39 is 12.2 Å². The number of hydrogen-bond acceptors (Lipinski definition) is 5. The fourth-order valence-corrected chi connectivity index (χ4v) is 1.97. The smallest absolute Gasteiger partial charge is 0.387 e. The number of hydrogen-bond donors (Lipinski definition) is 2. The number of carbonyl (C=O) groups excluding carboxylic acids is 1. The first kappa shape index (κ1) is 20.8. The normalized spacial score (nSPS) is 11.2. The summed E-state index contributed by atoms with van der Waals surface area (Å²) >= 11 is 0. The highest BCUT2D eigenvalue weighted by Gasteiger charge is 2.23. The van der Waals surface area contributed by atoms with Crippen molar-refractivity contribution in [3.05, 3.63) is 35.7 Å². The molecule has 1 aromatic heterocycles. The third kappa shape index (κ3) is 5.10. The molecule has 2 aromatic rings. The summed E-state index contributed by atoms with van der Waals surface area (Å²) in [6.45, 7) is 2.68. The van der Waals surface area contributed by atoms with Crippen molar-refractivity contribution in [1.82, 2.24) is 20.3 Å². The average molecular weight is 376 g/mol. The van der Waals surface area contributed by atoms with E-state index in [-0.39, 0.29) is 36.3 Å². The van der Waals surface area contributed by atoms with Gasteiger partial charge in [0, 0.05) is 12.1 Å². The number of nitrogens with one attached hydrogen (secondary N) is 1. The summed E-state index contributed by atoms with van der Waals surface area (Å²) in [7, 11) is 0. The van der Waals surface area contributed by atoms with Crippen LogP contribution < -0.4 is 15.8 Å². The monoisotopic (exact) mass is 375 g/mol. The molecular formula is C15H20ClF2N5O2. The Morgan fingerprint density at radius 1 is 1.36 bits per heavy atom. The number of rotatable bonds is 6. The topological polar surface area (TPSA) is 95.1 Å². The Bertz CT molecular complexity index is 719. The number of nitrogens with two attached hydrogens (primary N) is 1. The first-order chi connectivity index (χ1) is 11.2. The molecule has 10 heteroatoms.